The van der Waals surface area contributed by atoms with Crippen molar-refractivity contribution in [2.75, 3.05) is 6.61 Å². The van der Waals surface area contributed by atoms with Gasteiger partial charge in [0.15, 0.2) is 0 Å². The van der Waals surface area contributed by atoms with Gasteiger partial charge in [0, 0.05) is 0 Å². The van der Waals surface area contributed by atoms with Crippen molar-refractivity contribution in [1.29, 1.82) is 0 Å². The highest BCUT2D eigenvalue weighted by Gasteiger charge is 1.82. The van der Waals surface area contributed by atoms with Crippen molar-refractivity contribution in [1.82, 2.24) is 0 Å². The van der Waals surface area contributed by atoms with Gasteiger partial charge in [0.25, 0.3) is 0 Å². The fourth-order valence-electron chi connectivity index (χ4n) is 0. The number of aliphatic hydroxyl groups is 1. The first kappa shape index (κ1) is 10.8. The maximum Gasteiger partial charge on any atom is 0.662 e. The Balaban J connectivity index is 0. The van der Waals surface area contributed by atoms with Crippen LogP contribution in [0.15, 0.2) is 0 Å². The van der Waals surface area contributed by atoms with Crippen LogP contribution in [0.4, 0.5) is 0 Å². The van der Waals surface area contributed by atoms with Crippen LogP contribution in [0.1, 0.15) is 0 Å². The van der Waals surface area contributed by atoms with Crippen molar-refractivity contribution in [2.24, 2.45) is 0 Å². The van der Waals surface area contributed by atoms with E-state index in [1.54, 1.807) is 0 Å². The molecular formula is C2H6AlO5. The lowest BCUT2D eigenvalue weighted by molar-refractivity contribution is -0.140. The SMILES string of the molecule is O=C(O)CO.[OH][Al][OH]. The van der Waals surface area contributed by atoms with Gasteiger partial charge in [-0.2, -0.15) is 0 Å². The third-order valence-corrected chi connectivity index (χ3v) is 0.135. The summed E-state index contributed by atoms with van der Waals surface area (Å²) in [5.74, 6) is -1.19. The Labute approximate surface area is 52.6 Å². The summed E-state index contributed by atoms with van der Waals surface area (Å²) in [6.45, 7) is -0.778. The largest absolute Gasteiger partial charge is 0.662 e. The molecule has 0 atom stereocenters. The molecule has 0 aromatic rings. The lowest BCUT2D eigenvalue weighted by Gasteiger charge is -1.72. The van der Waals surface area contributed by atoms with E-state index >= 15 is 0 Å². The summed E-state index contributed by atoms with van der Waals surface area (Å²) in [7, 11) is 0. The van der Waals surface area contributed by atoms with E-state index in [1.165, 1.54) is 0 Å². The number of hydrogen-bond acceptors (Lipinski definition) is 4. The van der Waals surface area contributed by atoms with Crippen molar-refractivity contribution in [3.8, 4) is 0 Å². The normalized spacial score (nSPS) is 6.38. The highest BCUT2D eigenvalue weighted by Crippen LogP contribution is 1.48. The fraction of sp³-hybridized carbons (Fsp3) is 0.500. The third-order valence-electron chi connectivity index (χ3n) is 0.135. The van der Waals surface area contributed by atoms with E-state index in [4.69, 9.17) is 23.3 Å². The van der Waals surface area contributed by atoms with Crippen LogP contribution in [-0.2, 0) is 4.79 Å². The van der Waals surface area contributed by atoms with E-state index in [9.17, 15) is 0 Å². The van der Waals surface area contributed by atoms with Crippen LogP contribution < -0.4 is 0 Å². The first-order valence-electron chi connectivity index (χ1n) is 1.61. The molecule has 8 heavy (non-hydrogen) atoms. The topological polar surface area (TPSA) is 98.0 Å². The Morgan fingerprint density at radius 1 is 1.50 bits per heavy atom. The number of carboxylic acid groups (broad SMARTS) is 1. The second kappa shape index (κ2) is 9.99. The molecule has 0 unspecified atom stereocenters. The molecule has 0 heterocycles. The van der Waals surface area contributed by atoms with E-state index in [0.717, 1.165) is 0 Å². The van der Waals surface area contributed by atoms with Crippen molar-refractivity contribution in [3.63, 3.8) is 0 Å². The molecule has 0 aliphatic heterocycles. The molecule has 0 aliphatic rings. The molecule has 0 saturated carbocycles. The van der Waals surface area contributed by atoms with Crippen molar-refractivity contribution < 1.29 is 23.3 Å². The number of hydrogen-bond donors (Lipinski definition) is 4. The molecule has 1 radical (unpaired) electrons. The molecule has 4 N–H and O–H groups in total. The Kier molecular flexibility index (Phi) is 13.5. The predicted octanol–water partition coefficient (Wildman–Crippen LogP) is -2.43. The van der Waals surface area contributed by atoms with Crippen LogP contribution in [0, 0.1) is 0 Å². The number of rotatable bonds is 1. The minimum Gasteiger partial charge on any atom is -0.499 e. The van der Waals surface area contributed by atoms with Crippen LogP contribution in [0.5, 0.6) is 0 Å². The van der Waals surface area contributed by atoms with E-state index < -0.39 is 28.5 Å². The second-order valence-electron chi connectivity index (χ2n) is 0.667. The maximum absolute atomic E-state index is 9.12. The smallest absolute Gasteiger partial charge is 0.499 e. The summed E-state index contributed by atoms with van der Waals surface area (Å²) in [6, 6.07) is 0. The van der Waals surface area contributed by atoms with Crippen molar-refractivity contribution in [3.05, 3.63) is 0 Å². The summed E-state index contributed by atoms with van der Waals surface area (Å²) < 4.78 is 14.4. The minimum absolute atomic E-state index is 0.778. The number of carbonyl (C=O) groups is 1. The molecule has 0 spiro atoms. The number of aliphatic hydroxyl groups excluding tert-OH is 1. The van der Waals surface area contributed by atoms with Crippen molar-refractivity contribution in [2.45, 2.75) is 0 Å². The molecule has 0 fully saturated rings. The van der Waals surface area contributed by atoms with Crippen LogP contribution in [0.25, 0.3) is 0 Å². The molecule has 0 aromatic carbocycles. The summed E-state index contributed by atoms with van der Waals surface area (Å²) in [5.41, 5.74) is 0. The van der Waals surface area contributed by atoms with Gasteiger partial charge in [0.2, 0.25) is 0 Å². The lowest BCUT2D eigenvalue weighted by Crippen LogP contribution is -1.98. The molecule has 0 aromatic heterocycles. The van der Waals surface area contributed by atoms with Gasteiger partial charge in [-0.3, -0.25) is 0 Å². The van der Waals surface area contributed by atoms with Crippen LogP contribution in [0.2, 0.25) is 0 Å². The summed E-state index contributed by atoms with van der Waals surface area (Å²) in [5, 5.41) is 15.0. The lowest BCUT2D eigenvalue weighted by atomic mass is 10.8. The van der Waals surface area contributed by atoms with E-state index in [2.05, 4.69) is 0 Å². The molecule has 0 bridgehead atoms. The van der Waals surface area contributed by atoms with E-state index in [0.29, 0.717) is 0 Å². The average molecular weight is 137 g/mol. The average Bonchev–Trinajstić information content (AvgIpc) is 1.69. The van der Waals surface area contributed by atoms with Gasteiger partial charge in [0.1, 0.15) is 6.61 Å². The monoisotopic (exact) mass is 137 g/mol. The van der Waals surface area contributed by atoms with Crippen LogP contribution in [0.3, 0.4) is 0 Å². The highest BCUT2D eigenvalue weighted by atomic mass is 27.2. The molecule has 0 rings (SSSR count). The second-order valence-corrected chi connectivity index (χ2v) is 0.898. The van der Waals surface area contributed by atoms with Gasteiger partial charge in [-0.1, -0.05) is 0 Å². The summed E-state index contributed by atoms with van der Waals surface area (Å²) in [6.07, 6.45) is 0. The molecule has 0 saturated heterocycles. The third kappa shape index (κ3) is 39.6. The Bertz CT molecular complexity index is 54.4. The number of aliphatic carboxylic acids is 1. The van der Waals surface area contributed by atoms with Crippen LogP contribution in [-0.4, -0.2) is 47.0 Å². The standard InChI is InChI=1S/C2H4O3.Al.2H2O/c3-1-2(4)5;;;/h3H,1H2,(H,4,5);;2*1H2/q;+2;;/p-2. The van der Waals surface area contributed by atoms with E-state index in [1.807, 2.05) is 0 Å². The highest BCUT2D eigenvalue weighted by molar-refractivity contribution is 6.13. The molecule has 47 valence electrons. The molecule has 0 amide bonds. The first-order valence-corrected chi connectivity index (χ1v) is 2.65. The molecule has 5 nitrogen and oxygen atoms in total. The maximum atomic E-state index is 9.12. The molecule has 0 aliphatic carbocycles. The number of carboxylic acids is 1. The van der Waals surface area contributed by atoms with Gasteiger partial charge in [0.05, 0.1) is 0 Å². The fourth-order valence-corrected chi connectivity index (χ4v) is 0. The van der Waals surface area contributed by atoms with Crippen molar-refractivity contribution >= 4 is 21.9 Å². The van der Waals surface area contributed by atoms with Gasteiger partial charge in [-0.15, -0.1) is 0 Å². The zero-order valence-corrected chi connectivity index (χ0v) is 5.14. The van der Waals surface area contributed by atoms with Gasteiger partial charge >= 0.3 is 21.9 Å². The zero-order valence-electron chi connectivity index (χ0n) is 3.98. The summed E-state index contributed by atoms with van der Waals surface area (Å²) in [4.78, 5) is 9.12. The van der Waals surface area contributed by atoms with Gasteiger partial charge in [-0.05, 0) is 0 Å². The van der Waals surface area contributed by atoms with E-state index in [-0.39, 0.29) is 0 Å². The predicted molar refractivity (Wildman–Crippen MR) is 24.9 cm³/mol. The van der Waals surface area contributed by atoms with Gasteiger partial charge < -0.3 is 18.5 Å². The Morgan fingerprint density at radius 2 is 1.62 bits per heavy atom. The minimum atomic E-state index is -1.25. The Morgan fingerprint density at radius 3 is 1.62 bits per heavy atom. The summed E-state index contributed by atoms with van der Waals surface area (Å²) >= 11 is -1.25. The molecule has 6 heteroatoms. The van der Waals surface area contributed by atoms with Crippen LogP contribution >= 0.6 is 0 Å². The molecular weight excluding hydrogens is 131 g/mol. The quantitative estimate of drug-likeness (QED) is 0.301. The van der Waals surface area contributed by atoms with Gasteiger partial charge in [-0.25, -0.2) is 4.79 Å². The Hall–Kier alpha value is -0.118. The zero-order chi connectivity index (χ0) is 6.99. The first-order chi connectivity index (χ1) is 3.68.